The zero-order valence-electron chi connectivity index (χ0n) is 17.1. The maximum Gasteiger partial charge on any atom is 0.317 e. The number of carbonyl (C=O) groups is 4. The van der Waals surface area contributed by atoms with E-state index in [1.165, 1.54) is 11.8 Å². The van der Waals surface area contributed by atoms with E-state index in [1.807, 2.05) is 0 Å². The van der Waals surface area contributed by atoms with E-state index in [9.17, 15) is 19.2 Å². The van der Waals surface area contributed by atoms with E-state index in [0.29, 0.717) is 24.9 Å². The van der Waals surface area contributed by atoms with Crippen molar-refractivity contribution in [3.05, 3.63) is 35.4 Å². The van der Waals surface area contributed by atoms with Crippen LogP contribution in [0.3, 0.4) is 0 Å². The Labute approximate surface area is 174 Å². The van der Waals surface area contributed by atoms with Crippen LogP contribution in [0.2, 0.25) is 0 Å². The second-order valence-electron chi connectivity index (χ2n) is 7.36. The van der Waals surface area contributed by atoms with Crippen LogP contribution in [0.1, 0.15) is 42.6 Å². The molecular weight excluding hydrogens is 390 g/mol. The summed E-state index contributed by atoms with van der Waals surface area (Å²) in [6.45, 7) is 3.30. The monoisotopic (exact) mass is 417 g/mol. The Morgan fingerprint density at radius 2 is 1.93 bits per heavy atom. The zero-order valence-corrected chi connectivity index (χ0v) is 17.1. The first-order chi connectivity index (χ1) is 14.2. The highest BCUT2D eigenvalue weighted by molar-refractivity contribution is 5.98. The van der Waals surface area contributed by atoms with Gasteiger partial charge in [-0.05, 0) is 44.4 Å². The van der Waals surface area contributed by atoms with Gasteiger partial charge in [0.1, 0.15) is 6.04 Å². The van der Waals surface area contributed by atoms with Crippen molar-refractivity contribution in [1.29, 1.82) is 5.53 Å². The Bertz CT molecular complexity index is 810. The number of amides is 2. The smallest absolute Gasteiger partial charge is 0.317 e. The van der Waals surface area contributed by atoms with Gasteiger partial charge in [-0.25, -0.2) is 5.53 Å². The first-order valence-corrected chi connectivity index (χ1v) is 9.72. The summed E-state index contributed by atoms with van der Waals surface area (Å²) in [7, 11) is 0. The molecule has 0 aromatic heterocycles. The molecule has 0 bridgehead atoms. The highest BCUT2D eigenvalue weighted by Crippen LogP contribution is 2.20. The van der Waals surface area contributed by atoms with Crippen LogP contribution in [0, 0.1) is 5.53 Å². The first kappa shape index (κ1) is 23.1. The number of piperidine rings is 1. The Kier molecular flexibility index (Phi) is 8.16. The van der Waals surface area contributed by atoms with E-state index in [4.69, 9.17) is 10.6 Å². The highest BCUT2D eigenvalue weighted by Gasteiger charge is 2.36. The van der Waals surface area contributed by atoms with Crippen molar-refractivity contribution in [3.63, 3.8) is 0 Å². The number of hydrogen-bond donors (Lipinski definition) is 4. The number of hydrogen-bond acceptors (Lipinski definition) is 7. The topological polar surface area (TPSA) is 152 Å². The Morgan fingerprint density at radius 3 is 2.50 bits per heavy atom. The van der Waals surface area contributed by atoms with Gasteiger partial charge in [-0.2, -0.15) is 5.11 Å². The third-order valence-corrected chi connectivity index (χ3v) is 5.09. The molecule has 1 aromatic carbocycles. The number of carboxylic acid groups (broad SMARTS) is 1. The van der Waals surface area contributed by atoms with Gasteiger partial charge in [-0.15, -0.1) is 0 Å². The van der Waals surface area contributed by atoms with E-state index in [1.54, 1.807) is 31.2 Å². The zero-order chi connectivity index (χ0) is 22.3. The minimum absolute atomic E-state index is 0.169. The largest absolute Gasteiger partial charge is 0.480 e. The number of carboxylic acids is 1. The molecular formula is C20H27N5O5. The standard InChI is InChI=1S/C20H27N5O5/c1-12(24-19(29)15-5-3-14(4-6-15)10-23-21)20(30)25-8-7-16(22-11-18(27)28)9-17(25)13(2)26/h3-6,12,16-17,21-22H,7-11H2,1-2H3,(H,24,29)(H,27,28)/t12?,16?,17-/m0/s1. The third kappa shape index (κ3) is 6.18. The lowest BCUT2D eigenvalue weighted by Crippen LogP contribution is -2.58. The number of likely N-dealkylation sites (tertiary alicyclic amines) is 1. The van der Waals surface area contributed by atoms with Gasteiger partial charge in [-0.3, -0.25) is 19.2 Å². The summed E-state index contributed by atoms with van der Waals surface area (Å²) in [5, 5.41) is 17.6. The number of Topliss-reactive ketones (excluding diaryl/α,β-unsaturated/α-hetero) is 1. The van der Waals surface area contributed by atoms with Crippen molar-refractivity contribution in [1.82, 2.24) is 15.5 Å². The van der Waals surface area contributed by atoms with Crippen molar-refractivity contribution in [2.24, 2.45) is 5.11 Å². The van der Waals surface area contributed by atoms with E-state index >= 15 is 0 Å². The van der Waals surface area contributed by atoms with Crippen molar-refractivity contribution < 1.29 is 24.3 Å². The molecule has 1 aliphatic rings. The van der Waals surface area contributed by atoms with Gasteiger partial charge in [0.2, 0.25) is 5.91 Å². The molecule has 10 heteroatoms. The van der Waals surface area contributed by atoms with Crippen LogP contribution in [0.5, 0.6) is 0 Å². The van der Waals surface area contributed by atoms with E-state index < -0.39 is 24.0 Å². The summed E-state index contributed by atoms with van der Waals surface area (Å²) in [6, 6.07) is 4.93. The lowest BCUT2D eigenvalue weighted by atomic mass is 9.94. The third-order valence-electron chi connectivity index (χ3n) is 5.09. The van der Waals surface area contributed by atoms with Gasteiger partial charge < -0.3 is 20.6 Å². The van der Waals surface area contributed by atoms with Crippen molar-refractivity contribution in [2.75, 3.05) is 13.1 Å². The summed E-state index contributed by atoms with van der Waals surface area (Å²) < 4.78 is 0. The molecule has 1 saturated heterocycles. The number of nitrogens with one attached hydrogen (secondary N) is 3. The molecule has 30 heavy (non-hydrogen) atoms. The van der Waals surface area contributed by atoms with Crippen LogP contribution >= 0.6 is 0 Å². The maximum absolute atomic E-state index is 12.9. The van der Waals surface area contributed by atoms with Crippen molar-refractivity contribution in [2.45, 2.75) is 51.4 Å². The number of ketones is 1. The second-order valence-corrected chi connectivity index (χ2v) is 7.36. The summed E-state index contributed by atoms with van der Waals surface area (Å²) >= 11 is 0. The van der Waals surface area contributed by atoms with Crippen LogP contribution in [0.25, 0.3) is 0 Å². The fraction of sp³-hybridized carbons (Fsp3) is 0.500. The van der Waals surface area contributed by atoms with Gasteiger partial charge in [0.05, 0.1) is 19.1 Å². The van der Waals surface area contributed by atoms with Gasteiger partial charge in [0.25, 0.3) is 5.91 Å². The number of aliphatic carboxylic acids is 1. The molecule has 3 atom stereocenters. The van der Waals surface area contributed by atoms with Crippen LogP contribution in [-0.2, 0) is 20.9 Å². The minimum Gasteiger partial charge on any atom is -0.480 e. The molecule has 2 unspecified atom stereocenters. The Balaban J connectivity index is 1.99. The Hall–Kier alpha value is -3.14. The molecule has 1 aliphatic heterocycles. The minimum atomic E-state index is -0.980. The average Bonchev–Trinajstić information content (AvgIpc) is 2.72. The fourth-order valence-electron chi connectivity index (χ4n) is 3.47. The number of nitrogens with zero attached hydrogens (tertiary/aromatic N) is 2. The molecule has 1 fully saturated rings. The Morgan fingerprint density at radius 1 is 1.27 bits per heavy atom. The van der Waals surface area contributed by atoms with Gasteiger partial charge >= 0.3 is 5.97 Å². The molecule has 0 spiro atoms. The molecule has 1 aromatic rings. The lowest BCUT2D eigenvalue weighted by Gasteiger charge is -2.39. The van der Waals surface area contributed by atoms with Gasteiger partial charge in [0, 0.05) is 18.2 Å². The van der Waals surface area contributed by atoms with Crippen molar-refractivity contribution in [3.8, 4) is 0 Å². The van der Waals surface area contributed by atoms with Crippen molar-refractivity contribution >= 4 is 23.6 Å². The fourth-order valence-corrected chi connectivity index (χ4v) is 3.47. The summed E-state index contributed by atoms with van der Waals surface area (Å²) in [5.41, 5.74) is 8.04. The van der Waals surface area contributed by atoms with Gasteiger partial charge in [-0.1, -0.05) is 12.1 Å². The number of carbonyl (C=O) groups excluding carboxylic acids is 3. The molecule has 10 nitrogen and oxygen atoms in total. The van der Waals surface area contributed by atoms with Crippen LogP contribution in [0.15, 0.2) is 29.4 Å². The van der Waals surface area contributed by atoms with Crippen LogP contribution < -0.4 is 10.6 Å². The molecule has 0 saturated carbocycles. The molecule has 2 rings (SSSR count). The lowest BCUT2D eigenvalue weighted by molar-refractivity contribution is -0.142. The highest BCUT2D eigenvalue weighted by atomic mass is 16.4. The van der Waals surface area contributed by atoms with Crippen LogP contribution in [-0.4, -0.2) is 64.8 Å². The molecule has 0 aliphatic carbocycles. The number of benzene rings is 1. The van der Waals surface area contributed by atoms with Crippen LogP contribution in [0.4, 0.5) is 0 Å². The molecule has 162 valence electrons. The van der Waals surface area contributed by atoms with E-state index in [2.05, 4.69) is 15.7 Å². The molecule has 4 N–H and O–H groups in total. The van der Waals surface area contributed by atoms with E-state index in [-0.39, 0.29) is 30.8 Å². The molecule has 1 heterocycles. The molecule has 0 radical (unpaired) electrons. The predicted octanol–water partition coefficient (Wildman–Crippen LogP) is 0.959. The summed E-state index contributed by atoms with van der Waals surface area (Å²) in [6.07, 6.45) is 0.851. The normalized spacial score (nSPS) is 19.6. The quantitative estimate of drug-likeness (QED) is 0.439. The number of rotatable bonds is 9. The first-order valence-electron chi connectivity index (χ1n) is 9.72. The summed E-state index contributed by atoms with van der Waals surface area (Å²) in [4.78, 5) is 49.7. The maximum atomic E-state index is 12.9. The SMILES string of the molecule is CC(=O)[C@@H]1CC(NCC(=O)O)CCN1C(=O)C(C)NC(=O)c1ccc(CN=N)cc1. The second kappa shape index (κ2) is 10.6. The van der Waals surface area contributed by atoms with Gasteiger partial charge in [0.15, 0.2) is 5.78 Å². The average molecular weight is 417 g/mol. The predicted molar refractivity (Wildman–Crippen MR) is 107 cm³/mol. The summed E-state index contributed by atoms with van der Waals surface area (Å²) in [5.74, 6) is -1.93. The van der Waals surface area contributed by atoms with E-state index in [0.717, 1.165) is 5.56 Å². The molecule has 2 amide bonds.